The van der Waals surface area contributed by atoms with Crippen molar-refractivity contribution in [2.24, 2.45) is 0 Å². The van der Waals surface area contributed by atoms with Crippen molar-refractivity contribution in [1.29, 1.82) is 0 Å². The first-order chi connectivity index (χ1) is 14.0. The SMILES string of the molecule is COC1=CC(=O)[C@@]2(Oc3c(Cl)c(OC)cc(OC)c3C2=O)[C@H](c2ccccc2)C1. The van der Waals surface area contributed by atoms with Crippen molar-refractivity contribution in [1.82, 2.24) is 0 Å². The molecular weight excluding hydrogens is 396 g/mol. The highest BCUT2D eigenvalue weighted by molar-refractivity contribution is 6.36. The van der Waals surface area contributed by atoms with Gasteiger partial charge < -0.3 is 18.9 Å². The Kier molecular flexibility index (Phi) is 4.74. The third-order valence-electron chi connectivity index (χ3n) is 5.44. The van der Waals surface area contributed by atoms with Crippen molar-refractivity contribution in [3.8, 4) is 17.2 Å². The highest BCUT2D eigenvalue weighted by atomic mass is 35.5. The zero-order chi connectivity index (χ0) is 20.8. The Morgan fingerprint density at radius 2 is 1.72 bits per heavy atom. The largest absolute Gasteiger partial charge is 0.501 e. The minimum Gasteiger partial charge on any atom is -0.501 e. The first-order valence-corrected chi connectivity index (χ1v) is 9.38. The molecule has 0 saturated carbocycles. The fourth-order valence-electron chi connectivity index (χ4n) is 4.00. The van der Waals surface area contributed by atoms with Gasteiger partial charge in [0, 0.05) is 24.5 Å². The van der Waals surface area contributed by atoms with Crippen LogP contribution in [0.5, 0.6) is 17.2 Å². The summed E-state index contributed by atoms with van der Waals surface area (Å²) in [6.45, 7) is 0. The lowest BCUT2D eigenvalue weighted by Gasteiger charge is -2.36. The van der Waals surface area contributed by atoms with Gasteiger partial charge in [0.2, 0.25) is 17.2 Å². The summed E-state index contributed by atoms with van der Waals surface area (Å²) < 4.78 is 22.1. The highest BCUT2D eigenvalue weighted by Crippen LogP contribution is 2.55. The zero-order valence-corrected chi connectivity index (χ0v) is 16.9. The van der Waals surface area contributed by atoms with Gasteiger partial charge in [-0.05, 0) is 5.56 Å². The summed E-state index contributed by atoms with van der Waals surface area (Å²) in [5, 5.41) is 0.120. The third kappa shape index (κ3) is 2.70. The Morgan fingerprint density at radius 1 is 1.03 bits per heavy atom. The zero-order valence-electron chi connectivity index (χ0n) is 16.2. The number of halogens is 1. The number of methoxy groups -OCH3 is 3. The average molecular weight is 415 g/mol. The molecule has 0 N–H and O–H groups in total. The fraction of sp³-hybridized carbons (Fsp3) is 0.273. The lowest BCUT2D eigenvalue weighted by Crippen LogP contribution is -2.54. The number of hydrogen-bond acceptors (Lipinski definition) is 6. The molecule has 7 heteroatoms. The van der Waals surface area contributed by atoms with Crippen LogP contribution in [0.15, 0.2) is 48.2 Å². The van der Waals surface area contributed by atoms with Crippen molar-refractivity contribution in [3.63, 3.8) is 0 Å². The Bertz CT molecular complexity index is 1030. The van der Waals surface area contributed by atoms with Gasteiger partial charge in [0.25, 0.3) is 0 Å². The Balaban J connectivity index is 1.95. The monoisotopic (exact) mass is 414 g/mol. The summed E-state index contributed by atoms with van der Waals surface area (Å²) in [5.74, 6) is -0.465. The summed E-state index contributed by atoms with van der Waals surface area (Å²) in [6.07, 6.45) is 1.64. The molecule has 1 heterocycles. The number of rotatable bonds is 4. The van der Waals surface area contributed by atoms with Crippen LogP contribution >= 0.6 is 11.6 Å². The van der Waals surface area contributed by atoms with E-state index in [9.17, 15) is 9.59 Å². The number of Topliss-reactive ketones (excluding diaryl/α,β-unsaturated/α-hetero) is 1. The molecule has 0 fully saturated rings. The topological polar surface area (TPSA) is 71.1 Å². The average Bonchev–Trinajstić information content (AvgIpc) is 3.06. The molecule has 1 aliphatic carbocycles. The number of ketones is 2. The Labute approximate surface area is 173 Å². The third-order valence-corrected chi connectivity index (χ3v) is 5.79. The van der Waals surface area contributed by atoms with Gasteiger partial charge in [-0.3, -0.25) is 9.59 Å². The minimum absolute atomic E-state index is 0.0939. The smallest absolute Gasteiger partial charge is 0.240 e. The van der Waals surface area contributed by atoms with Crippen LogP contribution in [0.25, 0.3) is 0 Å². The highest BCUT2D eigenvalue weighted by Gasteiger charge is 2.62. The molecule has 0 bridgehead atoms. The molecule has 2 aromatic rings. The second kappa shape index (κ2) is 7.12. The Hall–Kier alpha value is -2.99. The van der Waals surface area contributed by atoms with E-state index in [0.29, 0.717) is 17.9 Å². The van der Waals surface area contributed by atoms with Crippen LogP contribution in [-0.2, 0) is 9.53 Å². The van der Waals surface area contributed by atoms with Gasteiger partial charge in [-0.2, -0.15) is 0 Å². The van der Waals surface area contributed by atoms with Crippen LogP contribution in [0, 0.1) is 0 Å². The number of fused-ring (bicyclic) bond motifs is 1. The number of ether oxygens (including phenoxy) is 4. The Morgan fingerprint density at radius 3 is 2.34 bits per heavy atom. The quantitative estimate of drug-likeness (QED) is 0.705. The van der Waals surface area contributed by atoms with E-state index in [2.05, 4.69) is 0 Å². The first-order valence-electron chi connectivity index (χ1n) is 9.00. The molecule has 0 unspecified atom stereocenters. The van der Waals surface area contributed by atoms with Crippen molar-refractivity contribution >= 4 is 23.2 Å². The van der Waals surface area contributed by atoms with E-state index in [4.69, 9.17) is 30.5 Å². The molecule has 29 heavy (non-hydrogen) atoms. The van der Waals surface area contributed by atoms with Crippen molar-refractivity contribution in [3.05, 3.63) is 64.4 Å². The van der Waals surface area contributed by atoms with Crippen LogP contribution in [0.1, 0.15) is 28.3 Å². The lowest BCUT2D eigenvalue weighted by molar-refractivity contribution is -0.128. The van der Waals surface area contributed by atoms with E-state index < -0.39 is 23.1 Å². The molecule has 4 rings (SSSR count). The normalized spacial score (nSPS) is 22.8. The van der Waals surface area contributed by atoms with Gasteiger partial charge in [-0.1, -0.05) is 41.9 Å². The molecule has 0 amide bonds. The van der Waals surface area contributed by atoms with Crippen molar-refractivity contribution in [2.75, 3.05) is 21.3 Å². The number of benzene rings is 2. The van der Waals surface area contributed by atoms with E-state index >= 15 is 0 Å². The lowest BCUT2D eigenvalue weighted by atomic mass is 9.70. The van der Waals surface area contributed by atoms with E-state index in [0.717, 1.165) is 5.56 Å². The van der Waals surface area contributed by atoms with E-state index in [1.807, 2.05) is 30.3 Å². The van der Waals surface area contributed by atoms with Crippen LogP contribution in [0.3, 0.4) is 0 Å². The van der Waals surface area contributed by atoms with E-state index in [-0.39, 0.29) is 22.1 Å². The molecule has 1 aliphatic heterocycles. The molecule has 2 atom stereocenters. The number of allylic oxidation sites excluding steroid dienone is 1. The number of carbonyl (C=O) groups excluding carboxylic acids is 2. The molecule has 1 spiro atoms. The predicted molar refractivity (Wildman–Crippen MR) is 106 cm³/mol. The van der Waals surface area contributed by atoms with E-state index in [1.54, 1.807) is 0 Å². The van der Waals surface area contributed by atoms with Crippen LogP contribution in [-0.4, -0.2) is 38.5 Å². The summed E-state index contributed by atoms with van der Waals surface area (Å²) in [6, 6.07) is 10.8. The first kappa shape index (κ1) is 19.3. The number of hydrogen-bond donors (Lipinski definition) is 0. The molecule has 2 aromatic carbocycles. The van der Waals surface area contributed by atoms with Gasteiger partial charge in [0.05, 0.1) is 21.3 Å². The molecule has 2 aliphatic rings. The molecule has 0 radical (unpaired) electrons. The molecule has 0 saturated heterocycles. The van der Waals surface area contributed by atoms with Gasteiger partial charge in [-0.25, -0.2) is 0 Å². The van der Waals surface area contributed by atoms with Crippen LogP contribution < -0.4 is 14.2 Å². The van der Waals surface area contributed by atoms with Gasteiger partial charge in [-0.15, -0.1) is 0 Å². The van der Waals surface area contributed by atoms with Crippen LogP contribution in [0.4, 0.5) is 0 Å². The van der Waals surface area contributed by atoms with Gasteiger partial charge in [0.1, 0.15) is 27.8 Å². The van der Waals surface area contributed by atoms with Crippen molar-refractivity contribution < 1.29 is 28.5 Å². The molecular formula is C22H19ClO6. The van der Waals surface area contributed by atoms with Gasteiger partial charge >= 0.3 is 0 Å². The standard InChI is InChI=1S/C22H19ClO6/c1-26-13-9-14(12-7-5-4-6-8-12)22(17(24)10-13)21(25)18-15(27-2)11-16(28-3)19(23)20(18)29-22/h4-8,10-11,14H,9H2,1-3H3/t14-,22-/m0/s1. The van der Waals surface area contributed by atoms with Gasteiger partial charge in [0.15, 0.2) is 5.75 Å². The maximum absolute atomic E-state index is 13.7. The fourth-order valence-corrected chi connectivity index (χ4v) is 4.27. The summed E-state index contributed by atoms with van der Waals surface area (Å²) >= 11 is 6.44. The van der Waals surface area contributed by atoms with E-state index in [1.165, 1.54) is 33.5 Å². The second-order valence-electron chi connectivity index (χ2n) is 6.81. The van der Waals surface area contributed by atoms with Crippen molar-refractivity contribution in [2.45, 2.75) is 17.9 Å². The maximum atomic E-state index is 13.7. The minimum atomic E-state index is -1.78. The summed E-state index contributed by atoms with van der Waals surface area (Å²) in [7, 11) is 4.38. The number of carbonyl (C=O) groups is 2. The summed E-state index contributed by atoms with van der Waals surface area (Å²) in [4.78, 5) is 27.0. The molecule has 150 valence electrons. The van der Waals surface area contributed by atoms with Crippen LogP contribution in [0.2, 0.25) is 5.02 Å². The molecule has 0 aromatic heterocycles. The second-order valence-corrected chi connectivity index (χ2v) is 7.19. The summed E-state index contributed by atoms with van der Waals surface area (Å²) in [5.41, 5.74) is -0.858. The maximum Gasteiger partial charge on any atom is 0.240 e. The predicted octanol–water partition coefficient (Wildman–Crippen LogP) is 3.96. The molecule has 6 nitrogen and oxygen atoms in total.